The average molecular weight is 375 g/mol. The van der Waals surface area contributed by atoms with E-state index in [2.05, 4.69) is 21.3 Å². The Morgan fingerprint density at radius 2 is 1.89 bits per heavy atom. The summed E-state index contributed by atoms with van der Waals surface area (Å²) in [5, 5.41) is 2.38. The van der Waals surface area contributed by atoms with Crippen molar-refractivity contribution in [1.82, 2.24) is 9.88 Å². The van der Waals surface area contributed by atoms with Crippen LogP contribution in [0.5, 0.6) is 0 Å². The van der Waals surface area contributed by atoms with Crippen molar-refractivity contribution in [2.75, 3.05) is 19.4 Å². The van der Waals surface area contributed by atoms with Crippen molar-refractivity contribution in [3.8, 4) is 0 Å². The number of nitrogens with zero attached hydrogens (tertiary/aromatic N) is 2. The van der Waals surface area contributed by atoms with Crippen molar-refractivity contribution in [3.63, 3.8) is 0 Å². The third-order valence-electron chi connectivity index (χ3n) is 4.67. The summed E-state index contributed by atoms with van der Waals surface area (Å²) in [7, 11) is 4.09. The molecule has 0 aliphatic heterocycles. The third kappa shape index (κ3) is 4.36. The molecule has 142 valence electrons. The fourth-order valence-corrected chi connectivity index (χ4v) is 3.14. The van der Waals surface area contributed by atoms with Crippen molar-refractivity contribution in [2.24, 2.45) is 0 Å². The van der Waals surface area contributed by atoms with Crippen LogP contribution in [0, 0.1) is 17.5 Å². The number of hydrogen-bond acceptors (Lipinski definition) is 3. The minimum Gasteiger partial charge on any atom is -0.306 e. The van der Waals surface area contributed by atoms with Crippen LogP contribution in [0.1, 0.15) is 35.3 Å². The van der Waals surface area contributed by atoms with E-state index in [0.717, 1.165) is 24.8 Å². The Kier molecular flexibility index (Phi) is 5.60. The van der Waals surface area contributed by atoms with Gasteiger partial charge in [0.15, 0.2) is 0 Å². The molecule has 2 aromatic rings. The van der Waals surface area contributed by atoms with E-state index < -0.39 is 28.9 Å². The van der Waals surface area contributed by atoms with Gasteiger partial charge in [0.2, 0.25) is 0 Å². The van der Waals surface area contributed by atoms with E-state index in [1.54, 1.807) is 6.07 Å². The summed E-state index contributed by atoms with van der Waals surface area (Å²) < 4.78 is 40.5. The lowest BCUT2D eigenvalue weighted by Gasteiger charge is -2.27. The van der Waals surface area contributed by atoms with Gasteiger partial charge >= 0.3 is 0 Å². The monoisotopic (exact) mass is 375 g/mol. The molecule has 1 aromatic carbocycles. The highest BCUT2D eigenvalue weighted by Gasteiger charge is 2.21. The number of halogens is 3. The second-order valence-electron chi connectivity index (χ2n) is 6.73. The highest BCUT2D eigenvalue weighted by Crippen LogP contribution is 2.28. The first-order valence-corrected chi connectivity index (χ1v) is 8.64. The van der Waals surface area contributed by atoms with Crippen LogP contribution in [0.4, 0.5) is 19.0 Å². The lowest BCUT2D eigenvalue weighted by atomic mass is 9.92. The molecule has 0 saturated carbocycles. The lowest BCUT2D eigenvalue weighted by molar-refractivity contribution is 0.101. The number of carbonyl (C=O) groups is 1. The average Bonchev–Trinajstić information content (AvgIpc) is 2.61. The summed E-state index contributed by atoms with van der Waals surface area (Å²) >= 11 is 0. The van der Waals surface area contributed by atoms with Gasteiger partial charge < -0.3 is 10.2 Å². The molecule has 1 amide bonds. The summed E-state index contributed by atoms with van der Waals surface area (Å²) in [4.78, 5) is 18.8. The van der Waals surface area contributed by atoms with E-state index in [0.29, 0.717) is 23.9 Å². The summed E-state index contributed by atoms with van der Waals surface area (Å²) in [6.45, 7) is 0. The van der Waals surface area contributed by atoms with Crippen LogP contribution in [0.25, 0.3) is 5.57 Å². The van der Waals surface area contributed by atoms with Gasteiger partial charge in [0, 0.05) is 18.2 Å². The zero-order valence-corrected chi connectivity index (χ0v) is 15.1. The van der Waals surface area contributed by atoms with Crippen LogP contribution in [0.2, 0.25) is 0 Å². The van der Waals surface area contributed by atoms with Crippen molar-refractivity contribution in [1.29, 1.82) is 0 Å². The van der Waals surface area contributed by atoms with Gasteiger partial charge in [-0.25, -0.2) is 18.2 Å². The first-order chi connectivity index (χ1) is 12.8. The van der Waals surface area contributed by atoms with Crippen LogP contribution < -0.4 is 5.32 Å². The molecule has 7 heteroatoms. The summed E-state index contributed by atoms with van der Waals surface area (Å²) in [6.07, 6.45) is 4.89. The van der Waals surface area contributed by atoms with Gasteiger partial charge in [-0.1, -0.05) is 12.1 Å². The topological polar surface area (TPSA) is 45.2 Å². The van der Waals surface area contributed by atoms with Crippen LogP contribution in [-0.2, 0) is 0 Å². The zero-order valence-electron chi connectivity index (χ0n) is 15.1. The SMILES string of the molecule is CN(C)C1CC=C(c2cccc(NC(=O)c3c(F)cc(F)cc3F)n2)CC1. The molecule has 0 fully saturated rings. The van der Waals surface area contributed by atoms with Crippen molar-refractivity contribution < 1.29 is 18.0 Å². The fourth-order valence-electron chi connectivity index (χ4n) is 3.14. The Morgan fingerprint density at radius 3 is 2.48 bits per heavy atom. The predicted molar refractivity (Wildman–Crippen MR) is 97.8 cm³/mol. The Morgan fingerprint density at radius 1 is 1.19 bits per heavy atom. The molecule has 27 heavy (non-hydrogen) atoms. The van der Waals surface area contributed by atoms with Gasteiger partial charge in [0.1, 0.15) is 28.8 Å². The van der Waals surface area contributed by atoms with Crippen molar-refractivity contribution in [2.45, 2.75) is 25.3 Å². The quantitative estimate of drug-likeness (QED) is 0.869. The van der Waals surface area contributed by atoms with Gasteiger partial charge in [-0.2, -0.15) is 0 Å². The molecule has 1 aliphatic rings. The number of hydrogen-bond donors (Lipinski definition) is 1. The largest absolute Gasteiger partial charge is 0.306 e. The number of benzene rings is 1. The first-order valence-electron chi connectivity index (χ1n) is 8.64. The molecule has 1 N–H and O–H groups in total. The Bertz CT molecular complexity index is 873. The van der Waals surface area contributed by atoms with Crippen LogP contribution in [0.3, 0.4) is 0 Å². The van der Waals surface area contributed by atoms with E-state index in [1.165, 1.54) is 6.07 Å². The van der Waals surface area contributed by atoms with E-state index in [1.807, 2.05) is 20.2 Å². The molecule has 0 bridgehead atoms. The lowest BCUT2D eigenvalue weighted by Crippen LogP contribution is -2.29. The Labute approximate surface area is 155 Å². The van der Waals surface area contributed by atoms with E-state index in [4.69, 9.17) is 0 Å². The molecule has 1 aliphatic carbocycles. The molecule has 1 unspecified atom stereocenters. The number of aromatic nitrogens is 1. The second kappa shape index (κ2) is 7.92. The maximum atomic E-state index is 13.8. The van der Waals surface area contributed by atoms with Crippen LogP contribution >= 0.6 is 0 Å². The van der Waals surface area contributed by atoms with Crippen LogP contribution in [0.15, 0.2) is 36.4 Å². The van der Waals surface area contributed by atoms with E-state index in [-0.39, 0.29) is 5.82 Å². The van der Waals surface area contributed by atoms with Crippen molar-refractivity contribution in [3.05, 3.63) is 65.1 Å². The molecule has 0 saturated heterocycles. The second-order valence-corrected chi connectivity index (χ2v) is 6.73. The van der Waals surface area contributed by atoms with Crippen LogP contribution in [-0.4, -0.2) is 35.9 Å². The molecule has 0 radical (unpaired) electrons. The molecule has 1 heterocycles. The fraction of sp³-hybridized carbons (Fsp3) is 0.300. The highest BCUT2D eigenvalue weighted by atomic mass is 19.1. The molecule has 3 rings (SSSR count). The van der Waals surface area contributed by atoms with Gasteiger partial charge in [-0.15, -0.1) is 0 Å². The van der Waals surface area contributed by atoms with Gasteiger partial charge in [-0.05, 0) is 51.1 Å². The smallest absolute Gasteiger partial charge is 0.262 e. The number of anilines is 1. The molecule has 1 aromatic heterocycles. The standard InChI is InChI=1S/C20H20F3N3O/c1-26(2)14-8-6-12(7-9-14)17-4-3-5-18(24-17)25-20(27)19-15(22)10-13(21)11-16(19)23/h3-6,10-11,14H,7-9H2,1-2H3,(H,24,25,27). The summed E-state index contributed by atoms with van der Waals surface area (Å²) in [5.74, 6) is -4.44. The Hall–Kier alpha value is -2.67. The molecule has 1 atom stereocenters. The maximum Gasteiger partial charge on any atom is 0.262 e. The number of amides is 1. The number of rotatable bonds is 4. The number of carbonyl (C=O) groups excluding carboxylic acids is 1. The summed E-state index contributed by atoms with van der Waals surface area (Å²) in [5.41, 5.74) is 0.947. The summed E-state index contributed by atoms with van der Waals surface area (Å²) in [6, 6.07) is 6.50. The predicted octanol–water partition coefficient (Wildman–Crippen LogP) is 4.25. The first kappa shape index (κ1) is 19.1. The normalized spacial score (nSPS) is 17.0. The Balaban J connectivity index is 1.78. The van der Waals surface area contributed by atoms with E-state index >= 15 is 0 Å². The highest BCUT2D eigenvalue weighted by molar-refractivity contribution is 6.04. The van der Waals surface area contributed by atoms with E-state index in [9.17, 15) is 18.0 Å². The number of nitrogens with one attached hydrogen (secondary N) is 1. The minimum atomic E-state index is -1.26. The van der Waals surface area contributed by atoms with Gasteiger partial charge in [0.25, 0.3) is 5.91 Å². The molecular formula is C20H20F3N3O. The maximum absolute atomic E-state index is 13.8. The third-order valence-corrected chi connectivity index (χ3v) is 4.67. The minimum absolute atomic E-state index is 0.177. The number of pyridine rings is 1. The molecule has 0 spiro atoms. The number of allylic oxidation sites excluding steroid dienone is 1. The zero-order chi connectivity index (χ0) is 19.6. The van der Waals surface area contributed by atoms with Crippen molar-refractivity contribution >= 4 is 17.3 Å². The molecular weight excluding hydrogens is 355 g/mol. The molecule has 4 nitrogen and oxygen atoms in total. The van der Waals surface area contributed by atoms with Gasteiger partial charge in [0.05, 0.1) is 5.69 Å². The van der Waals surface area contributed by atoms with Gasteiger partial charge in [-0.3, -0.25) is 4.79 Å².